The van der Waals surface area contributed by atoms with Crippen molar-refractivity contribution < 1.29 is 9.18 Å². The van der Waals surface area contributed by atoms with Gasteiger partial charge in [-0.1, -0.05) is 0 Å². The Morgan fingerprint density at radius 2 is 2.28 bits per heavy atom. The van der Waals surface area contributed by atoms with Crippen molar-refractivity contribution in [1.82, 2.24) is 14.8 Å². The van der Waals surface area contributed by atoms with Gasteiger partial charge in [0.2, 0.25) is 0 Å². The Labute approximate surface area is 103 Å². The van der Waals surface area contributed by atoms with E-state index in [0.717, 1.165) is 6.20 Å². The third-order valence-electron chi connectivity index (χ3n) is 2.35. The molecule has 0 saturated carbocycles. The highest BCUT2D eigenvalue weighted by molar-refractivity contribution is 6.05. The number of halogens is 1. The smallest absolute Gasteiger partial charge is 0.277 e. The van der Waals surface area contributed by atoms with Gasteiger partial charge in [-0.05, 0) is 19.1 Å². The SMILES string of the molecule is CCn1ncc(N)c1C(=O)Nc1ccc(F)cn1. The second-order valence-corrected chi connectivity index (χ2v) is 3.58. The van der Waals surface area contributed by atoms with Crippen LogP contribution in [-0.2, 0) is 6.54 Å². The maximum absolute atomic E-state index is 12.7. The van der Waals surface area contributed by atoms with Crippen molar-refractivity contribution in [1.29, 1.82) is 0 Å². The second kappa shape index (κ2) is 4.82. The van der Waals surface area contributed by atoms with Gasteiger partial charge in [0, 0.05) is 6.54 Å². The Hall–Kier alpha value is -2.44. The van der Waals surface area contributed by atoms with Crippen LogP contribution in [0.3, 0.4) is 0 Å². The van der Waals surface area contributed by atoms with E-state index in [1.807, 2.05) is 6.92 Å². The van der Waals surface area contributed by atoms with E-state index in [0.29, 0.717) is 6.54 Å². The summed E-state index contributed by atoms with van der Waals surface area (Å²) in [5.74, 6) is -0.637. The standard InChI is InChI=1S/C11H12FN5O/c1-2-17-10(8(13)6-15-17)11(18)16-9-4-3-7(12)5-14-9/h3-6H,2,13H2,1H3,(H,14,16,18). The van der Waals surface area contributed by atoms with Gasteiger partial charge in [-0.25, -0.2) is 9.37 Å². The monoisotopic (exact) mass is 249 g/mol. The van der Waals surface area contributed by atoms with Gasteiger partial charge < -0.3 is 11.1 Å². The van der Waals surface area contributed by atoms with Crippen LogP contribution in [0.2, 0.25) is 0 Å². The van der Waals surface area contributed by atoms with Crippen molar-refractivity contribution in [2.24, 2.45) is 0 Å². The summed E-state index contributed by atoms with van der Waals surface area (Å²) in [5, 5.41) is 6.49. The minimum absolute atomic E-state index is 0.254. The van der Waals surface area contributed by atoms with Crippen LogP contribution in [0.25, 0.3) is 0 Å². The lowest BCUT2D eigenvalue weighted by atomic mass is 10.3. The molecule has 2 heterocycles. The highest BCUT2D eigenvalue weighted by Crippen LogP contribution is 2.13. The van der Waals surface area contributed by atoms with E-state index in [4.69, 9.17) is 5.73 Å². The molecule has 0 fully saturated rings. The molecule has 0 saturated heterocycles. The van der Waals surface area contributed by atoms with E-state index in [-0.39, 0.29) is 17.2 Å². The first-order chi connectivity index (χ1) is 8.61. The molecule has 0 aliphatic carbocycles. The number of nitrogens with zero attached hydrogens (tertiary/aromatic N) is 3. The van der Waals surface area contributed by atoms with Crippen LogP contribution in [0, 0.1) is 5.82 Å². The number of aryl methyl sites for hydroxylation is 1. The van der Waals surface area contributed by atoms with Gasteiger partial charge in [0.25, 0.3) is 5.91 Å². The van der Waals surface area contributed by atoms with Crippen LogP contribution < -0.4 is 11.1 Å². The quantitative estimate of drug-likeness (QED) is 0.857. The highest BCUT2D eigenvalue weighted by Gasteiger charge is 2.16. The number of rotatable bonds is 3. The van der Waals surface area contributed by atoms with Gasteiger partial charge in [0.15, 0.2) is 0 Å². The summed E-state index contributed by atoms with van der Waals surface area (Å²) < 4.78 is 14.2. The summed E-state index contributed by atoms with van der Waals surface area (Å²) in [6, 6.07) is 2.58. The Morgan fingerprint density at radius 3 is 2.89 bits per heavy atom. The van der Waals surface area contributed by atoms with Gasteiger partial charge in [0.05, 0.1) is 18.1 Å². The van der Waals surface area contributed by atoms with Crippen molar-refractivity contribution in [3.63, 3.8) is 0 Å². The van der Waals surface area contributed by atoms with Crippen molar-refractivity contribution >= 4 is 17.4 Å². The zero-order valence-corrected chi connectivity index (χ0v) is 9.72. The summed E-state index contributed by atoms with van der Waals surface area (Å²) in [4.78, 5) is 15.7. The first-order valence-corrected chi connectivity index (χ1v) is 5.36. The van der Waals surface area contributed by atoms with Crippen LogP contribution in [0.5, 0.6) is 0 Å². The molecule has 2 aromatic heterocycles. The van der Waals surface area contributed by atoms with Crippen LogP contribution in [0.15, 0.2) is 24.5 Å². The van der Waals surface area contributed by atoms with Gasteiger partial charge in [-0.15, -0.1) is 0 Å². The van der Waals surface area contributed by atoms with Crippen LogP contribution >= 0.6 is 0 Å². The zero-order chi connectivity index (χ0) is 13.1. The Kier molecular flexibility index (Phi) is 3.22. The highest BCUT2D eigenvalue weighted by atomic mass is 19.1. The molecule has 6 nitrogen and oxygen atoms in total. The maximum Gasteiger partial charge on any atom is 0.277 e. The number of anilines is 2. The molecule has 0 aliphatic rings. The molecule has 18 heavy (non-hydrogen) atoms. The van der Waals surface area contributed by atoms with E-state index < -0.39 is 11.7 Å². The average molecular weight is 249 g/mol. The average Bonchev–Trinajstić information content (AvgIpc) is 2.73. The number of nitrogens with two attached hydrogens (primary N) is 1. The van der Waals surface area contributed by atoms with Crippen LogP contribution in [0.1, 0.15) is 17.4 Å². The molecular formula is C11H12FN5O. The largest absolute Gasteiger partial charge is 0.396 e. The molecule has 0 aromatic carbocycles. The number of aromatic nitrogens is 3. The molecule has 0 aliphatic heterocycles. The number of nitrogens with one attached hydrogen (secondary N) is 1. The summed E-state index contributed by atoms with van der Waals surface area (Å²) >= 11 is 0. The lowest BCUT2D eigenvalue weighted by molar-refractivity contribution is 0.101. The molecule has 0 spiro atoms. The third kappa shape index (κ3) is 2.29. The van der Waals surface area contributed by atoms with Crippen molar-refractivity contribution in [2.75, 3.05) is 11.1 Å². The van der Waals surface area contributed by atoms with Crippen LogP contribution in [-0.4, -0.2) is 20.7 Å². The summed E-state index contributed by atoms with van der Waals surface area (Å²) in [6.45, 7) is 2.37. The first kappa shape index (κ1) is 12.0. The minimum atomic E-state index is -0.467. The van der Waals surface area contributed by atoms with E-state index in [2.05, 4.69) is 15.4 Å². The number of pyridine rings is 1. The van der Waals surface area contributed by atoms with Crippen molar-refractivity contribution in [3.05, 3.63) is 36.0 Å². The lowest BCUT2D eigenvalue weighted by Crippen LogP contribution is -2.19. The molecule has 2 rings (SSSR count). The Balaban J connectivity index is 2.21. The zero-order valence-electron chi connectivity index (χ0n) is 9.72. The molecule has 0 atom stereocenters. The lowest BCUT2D eigenvalue weighted by Gasteiger charge is -2.06. The first-order valence-electron chi connectivity index (χ1n) is 5.36. The normalized spacial score (nSPS) is 10.3. The van der Waals surface area contributed by atoms with Crippen molar-refractivity contribution in [3.8, 4) is 0 Å². The number of hydrogen-bond acceptors (Lipinski definition) is 4. The van der Waals surface area contributed by atoms with Gasteiger partial charge in [-0.3, -0.25) is 9.48 Å². The summed E-state index contributed by atoms with van der Waals surface area (Å²) in [5.41, 5.74) is 6.23. The number of nitrogen functional groups attached to an aromatic ring is 1. The van der Waals surface area contributed by atoms with E-state index >= 15 is 0 Å². The predicted octanol–water partition coefficient (Wildman–Crippen LogP) is 1.27. The molecular weight excluding hydrogens is 237 g/mol. The molecule has 0 bridgehead atoms. The molecule has 2 aromatic rings. The maximum atomic E-state index is 12.7. The number of carbonyl (C=O) groups is 1. The Morgan fingerprint density at radius 1 is 1.50 bits per heavy atom. The number of amides is 1. The second-order valence-electron chi connectivity index (χ2n) is 3.58. The number of hydrogen-bond donors (Lipinski definition) is 2. The van der Waals surface area contributed by atoms with E-state index in [1.165, 1.54) is 23.0 Å². The van der Waals surface area contributed by atoms with E-state index in [1.54, 1.807) is 0 Å². The van der Waals surface area contributed by atoms with Gasteiger partial charge in [-0.2, -0.15) is 5.10 Å². The predicted molar refractivity (Wildman–Crippen MR) is 64.5 cm³/mol. The topological polar surface area (TPSA) is 85.8 Å². The molecule has 3 N–H and O–H groups in total. The Bertz CT molecular complexity index is 563. The van der Waals surface area contributed by atoms with E-state index in [9.17, 15) is 9.18 Å². The molecule has 0 unspecified atom stereocenters. The van der Waals surface area contributed by atoms with Gasteiger partial charge in [0.1, 0.15) is 17.3 Å². The number of carbonyl (C=O) groups excluding carboxylic acids is 1. The molecule has 1 amide bonds. The summed E-state index contributed by atoms with van der Waals surface area (Å²) in [6.07, 6.45) is 2.44. The van der Waals surface area contributed by atoms with Gasteiger partial charge >= 0.3 is 0 Å². The molecule has 94 valence electrons. The third-order valence-corrected chi connectivity index (χ3v) is 2.35. The molecule has 0 radical (unpaired) electrons. The molecule has 7 heteroatoms. The fraction of sp³-hybridized carbons (Fsp3) is 0.182. The fourth-order valence-electron chi connectivity index (χ4n) is 1.51. The summed E-state index contributed by atoms with van der Waals surface area (Å²) in [7, 11) is 0. The minimum Gasteiger partial charge on any atom is -0.396 e. The van der Waals surface area contributed by atoms with Crippen LogP contribution in [0.4, 0.5) is 15.9 Å². The fourth-order valence-corrected chi connectivity index (χ4v) is 1.51. The van der Waals surface area contributed by atoms with Crippen molar-refractivity contribution in [2.45, 2.75) is 13.5 Å².